The molecule has 0 saturated carbocycles. The van der Waals surface area contributed by atoms with Crippen LogP contribution >= 0.6 is 0 Å². The van der Waals surface area contributed by atoms with Crippen molar-refractivity contribution < 1.29 is 13.2 Å². The van der Waals surface area contributed by atoms with Gasteiger partial charge < -0.3 is 10.2 Å². The maximum Gasteiger partial charge on any atom is 0.416 e. The molecule has 0 amide bonds. The molecule has 27 heavy (non-hydrogen) atoms. The predicted octanol–water partition coefficient (Wildman–Crippen LogP) is 5.24. The van der Waals surface area contributed by atoms with Gasteiger partial charge in [0.15, 0.2) is 0 Å². The molecule has 0 bridgehead atoms. The third kappa shape index (κ3) is 7.00. The van der Waals surface area contributed by atoms with Gasteiger partial charge in [0.1, 0.15) is 0 Å². The first-order valence-corrected chi connectivity index (χ1v) is 9.63. The Morgan fingerprint density at radius 3 is 1.89 bits per heavy atom. The third-order valence-corrected chi connectivity index (χ3v) is 4.82. The number of benzene rings is 2. The van der Waals surface area contributed by atoms with Crippen LogP contribution in [-0.2, 0) is 12.6 Å². The van der Waals surface area contributed by atoms with Crippen molar-refractivity contribution in [3.05, 3.63) is 59.7 Å². The summed E-state index contributed by atoms with van der Waals surface area (Å²) in [5.41, 5.74) is 2.37. The lowest BCUT2D eigenvalue weighted by molar-refractivity contribution is -0.137. The zero-order valence-electron chi connectivity index (χ0n) is 16.1. The van der Waals surface area contributed by atoms with E-state index in [-0.39, 0.29) is 0 Å². The molecule has 0 aliphatic carbocycles. The van der Waals surface area contributed by atoms with Crippen LogP contribution in [0.1, 0.15) is 31.4 Å². The van der Waals surface area contributed by atoms with Crippen molar-refractivity contribution in [2.45, 2.75) is 32.9 Å². The van der Waals surface area contributed by atoms with E-state index in [1.165, 1.54) is 17.7 Å². The van der Waals surface area contributed by atoms with Gasteiger partial charge in [0.05, 0.1) is 5.56 Å². The van der Waals surface area contributed by atoms with Gasteiger partial charge in [0.25, 0.3) is 0 Å². The normalized spacial score (nSPS) is 11.9. The highest BCUT2D eigenvalue weighted by molar-refractivity contribution is 5.64. The van der Waals surface area contributed by atoms with Gasteiger partial charge in [-0.3, -0.25) is 0 Å². The summed E-state index contributed by atoms with van der Waals surface area (Å²) in [6.07, 6.45) is -2.23. The van der Waals surface area contributed by atoms with E-state index in [0.717, 1.165) is 68.8 Å². The fraction of sp³-hybridized carbons (Fsp3) is 0.455. The molecule has 0 radical (unpaired) electrons. The molecular weight excluding hydrogens is 349 g/mol. The average molecular weight is 378 g/mol. The zero-order chi connectivity index (χ0) is 19.7. The van der Waals surface area contributed by atoms with Gasteiger partial charge in [-0.2, -0.15) is 13.2 Å². The molecule has 0 aromatic heterocycles. The summed E-state index contributed by atoms with van der Waals surface area (Å²) in [6.45, 7) is 9.61. The van der Waals surface area contributed by atoms with E-state index in [0.29, 0.717) is 0 Å². The van der Waals surface area contributed by atoms with Crippen molar-refractivity contribution in [2.75, 3.05) is 32.7 Å². The molecule has 148 valence electrons. The van der Waals surface area contributed by atoms with Crippen LogP contribution in [0.4, 0.5) is 13.2 Å². The van der Waals surface area contributed by atoms with Gasteiger partial charge in [-0.05, 0) is 61.3 Å². The van der Waals surface area contributed by atoms with Gasteiger partial charge in [0.2, 0.25) is 0 Å². The van der Waals surface area contributed by atoms with Crippen molar-refractivity contribution in [3.8, 4) is 11.1 Å². The maximum atomic E-state index is 12.6. The molecule has 0 atom stereocenters. The number of aryl methyl sites for hydroxylation is 1. The van der Waals surface area contributed by atoms with E-state index in [2.05, 4.69) is 36.2 Å². The summed E-state index contributed by atoms with van der Waals surface area (Å²) in [5, 5.41) is 3.48. The van der Waals surface area contributed by atoms with Gasteiger partial charge in [-0.15, -0.1) is 0 Å². The topological polar surface area (TPSA) is 15.3 Å². The Bertz CT molecular complexity index is 659. The number of nitrogens with one attached hydrogen (secondary N) is 1. The highest BCUT2D eigenvalue weighted by atomic mass is 19.4. The molecule has 0 saturated heterocycles. The zero-order valence-corrected chi connectivity index (χ0v) is 16.1. The molecule has 0 heterocycles. The average Bonchev–Trinajstić information content (AvgIpc) is 2.67. The molecule has 0 aliphatic rings. The summed E-state index contributed by atoms with van der Waals surface area (Å²) >= 11 is 0. The van der Waals surface area contributed by atoms with E-state index in [1.54, 1.807) is 0 Å². The number of alkyl halides is 3. The minimum atomic E-state index is -4.29. The van der Waals surface area contributed by atoms with Gasteiger partial charge in [-0.1, -0.05) is 50.2 Å². The summed E-state index contributed by atoms with van der Waals surface area (Å²) in [4.78, 5) is 2.40. The van der Waals surface area contributed by atoms with Crippen molar-refractivity contribution >= 4 is 0 Å². The summed E-state index contributed by atoms with van der Waals surface area (Å²) in [5.74, 6) is 0. The van der Waals surface area contributed by atoms with Crippen LogP contribution in [0.25, 0.3) is 11.1 Å². The second-order valence-corrected chi connectivity index (χ2v) is 6.65. The first kappa shape index (κ1) is 21.5. The monoisotopic (exact) mass is 378 g/mol. The Labute approximate surface area is 160 Å². The van der Waals surface area contributed by atoms with E-state index in [4.69, 9.17) is 0 Å². The van der Waals surface area contributed by atoms with E-state index in [1.807, 2.05) is 12.1 Å². The fourth-order valence-corrected chi connectivity index (χ4v) is 3.04. The molecule has 2 aromatic rings. The number of rotatable bonds is 10. The molecular formula is C22H29F3N2. The van der Waals surface area contributed by atoms with E-state index >= 15 is 0 Å². The molecule has 2 aromatic carbocycles. The lowest BCUT2D eigenvalue weighted by Crippen LogP contribution is -2.32. The van der Waals surface area contributed by atoms with Crippen LogP contribution < -0.4 is 5.32 Å². The minimum Gasteiger partial charge on any atom is -0.315 e. The largest absolute Gasteiger partial charge is 0.416 e. The first-order valence-electron chi connectivity index (χ1n) is 9.63. The lowest BCUT2D eigenvalue weighted by atomic mass is 10.0. The Kier molecular flexibility index (Phi) is 8.32. The van der Waals surface area contributed by atoms with Crippen LogP contribution in [0.3, 0.4) is 0 Å². The minimum absolute atomic E-state index is 0.614. The SMILES string of the molecule is CCN(CC)CCNCCCc1ccc(-c2ccc(C(F)(F)F)cc2)cc1. The van der Waals surface area contributed by atoms with Crippen LogP contribution in [-0.4, -0.2) is 37.6 Å². The quantitative estimate of drug-likeness (QED) is 0.569. The maximum absolute atomic E-state index is 12.6. The Morgan fingerprint density at radius 1 is 0.815 bits per heavy atom. The fourth-order valence-electron chi connectivity index (χ4n) is 3.04. The third-order valence-electron chi connectivity index (χ3n) is 4.82. The highest BCUT2D eigenvalue weighted by Crippen LogP contribution is 2.31. The smallest absolute Gasteiger partial charge is 0.315 e. The van der Waals surface area contributed by atoms with Crippen molar-refractivity contribution in [2.24, 2.45) is 0 Å². The van der Waals surface area contributed by atoms with Crippen LogP contribution in [0.15, 0.2) is 48.5 Å². The summed E-state index contributed by atoms with van der Waals surface area (Å²) < 4.78 is 37.9. The van der Waals surface area contributed by atoms with Crippen LogP contribution in [0.5, 0.6) is 0 Å². The number of halogens is 3. The second kappa shape index (κ2) is 10.5. The van der Waals surface area contributed by atoms with Gasteiger partial charge >= 0.3 is 6.18 Å². The van der Waals surface area contributed by atoms with E-state index in [9.17, 15) is 13.2 Å². The predicted molar refractivity (Wildman–Crippen MR) is 106 cm³/mol. The van der Waals surface area contributed by atoms with Crippen molar-refractivity contribution in [1.29, 1.82) is 0 Å². The number of likely N-dealkylation sites (N-methyl/N-ethyl adjacent to an activating group) is 1. The number of hydrogen-bond acceptors (Lipinski definition) is 2. The van der Waals surface area contributed by atoms with Gasteiger partial charge in [-0.25, -0.2) is 0 Å². The summed E-state index contributed by atoms with van der Waals surface area (Å²) in [6, 6.07) is 13.4. The molecule has 0 spiro atoms. The molecule has 0 aliphatic heterocycles. The second-order valence-electron chi connectivity index (χ2n) is 6.65. The van der Waals surface area contributed by atoms with Crippen molar-refractivity contribution in [1.82, 2.24) is 10.2 Å². The first-order chi connectivity index (χ1) is 12.9. The number of nitrogens with zero attached hydrogens (tertiary/aromatic N) is 1. The molecule has 5 heteroatoms. The molecule has 1 N–H and O–H groups in total. The van der Waals surface area contributed by atoms with E-state index < -0.39 is 11.7 Å². The standard InChI is InChI=1S/C22H29F3N2/c1-3-27(4-2)17-16-26-15-5-6-18-7-9-19(10-8-18)20-11-13-21(14-12-20)22(23,24)25/h7-14,26H,3-6,15-17H2,1-2H3. The van der Waals surface area contributed by atoms with Crippen LogP contribution in [0.2, 0.25) is 0 Å². The molecule has 2 rings (SSSR count). The Balaban J connectivity index is 1.77. The van der Waals surface area contributed by atoms with Crippen LogP contribution in [0, 0.1) is 0 Å². The number of hydrogen-bond donors (Lipinski definition) is 1. The Morgan fingerprint density at radius 2 is 1.37 bits per heavy atom. The highest BCUT2D eigenvalue weighted by Gasteiger charge is 2.29. The Hall–Kier alpha value is -1.85. The molecule has 0 unspecified atom stereocenters. The van der Waals surface area contributed by atoms with Gasteiger partial charge in [0, 0.05) is 13.1 Å². The lowest BCUT2D eigenvalue weighted by Gasteiger charge is -2.17. The molecule has 2 nitrogen and oxygen atoms in total. The van der Waals surface area contributed by atoms with Crippen molar-refractivity contribution in [3.63, 3.8) is 0 Å². The summed E-state index contributed by atoms with van der Waals surface area (Å²) in [7, 11) is 0. The molecule has 0 fully saturated rings.